The fourth-order valence-corrected chi connectivity index (χ4v) is 7.00. The number of likely N-dealkylation sites (tertiary alicyclic amines) is 1. The van der Waals surface area contributed by atoms with E-state index < -0.39 is 0 Å². The molecule has 2 unspecified atom stereocenters. The summed E-state index contributed by atoms with van der Waals surface area (Å²) in [5, 5.41) is 21.4. The predicted molar refractivity (Wildman–Crippen MR) is 123 cm³/mol. The number of carbonyl (C=O) groups excluding carboxylic acids is 1. The Morgan fingerprint density at radius 2 is 2.09 bits per heavy atom. The van der Waals surface area contributed by atoms with Crippen LogP contribution in [0.1, 0.15) is 38.5 Å². The van der Waals surface area contributed by atoms with Crippen LogP contribution in [-0.4, -0.2) is 57.2 Å². The summed E-state index contributed by atoms with van der Waals surface area (Å²) in [5.74, 6) is 1.34. The quantitative estimate of drug-likeness (QED) is 0.587. The molecule has 32 heavy (non-hydrogen) atoms. The van der Waals surface area contributed by atoms with Crippen molar-refractivity contribution in [1.82, 2.24) is 14.4 Å². The summed E-state index contributed by atoms with van der Waals surface area (Å²) >= 11 is 0. The van der Waals surface area contributed by atoms with Crippen molar-refractivity contribution in [3.8, 4) is 0 Å². The average molecular weight is 436 g/mol. The van der Waals surface area contributed by atoms with Gasteiger partial charge < -0.3 is 19.9 Å². The van der Waals surface area contributed by atoms with Crippen LogP contribution in [0.15, 0.2) is 42.1 Å². The fourth-order valence-electron chi connectivity index (χ4n) is 7.00. The van der Waals surface area contributed by atoms with Gasteiger partial charge in [-0.15, -0.1) is 0 Å². The largest absolute Gasteiger partial charge is 0.733 e. The molecule has 2 aromatic rings. The van der Waals surface area contributed by atoms with Crippen molar-refractivity contribution in [2.75, 3.05) is 24.9 Å². The highest BCUT2D eigenvalue weighted by molar-refractivity contribution is 5.93. The minimum Gasteiger partial charge on any atom is -0.733 e. The van der Waals surface area contributed by atoms with E-state index in [0.29, 0.717) is 23.3 Å². The topological polar surface area (TPSA) is 75.0 Å². The van der Waals surface area contributed by atoms with E-state index in [0.717, 1.165) is 31.4 Å². The number of carbonyl (C=O) groups is 1. The van der Waals surface area contributed by atoms with Crippen LogP contribution in [0.2, 0.25) is 0 Å². The molecular weight excluding hydrogens is 404 g/mol. The normalized spacial score (nSPS) is 29.9. The second-order valence-corrected chi connectivity index (χ2v) is 10.0. The number of rotatable bonds is 3. The van der Waals surface area contributed by atoms with Gasteiger partial charge in [-0.1, -0.05) is 24.1 Å². The van der Waals surface area contributed by atoms with Gasteiger partial charge in [-0.2, -0.15) is 0 Å². The molecular formula is C25H31N4O3-. The van der Waals surface area contributed by atoms with Gasteiger partial charge in [0.15, 0.2) is 0 Å². The Bertz CT molecular complexity index is 1060. The standard InChI is InChI=1S/C25H31N4O3/c30-24(16-27-12-9-20-22(27)7-3-8-23(20)29(31)32)28-11-4-5-17-13-18-14-19(25(17)28)15-26-10-2-1-6-21(18)26/h3,7-9,12-13,18-19,21,25,31H,1-2,4-6,10-11,14-16H2/q-1/t18-,19-,21?,25?/m0/s1. The van der Waals surface area contributed by atoms with Crippen molar-refractivity contribution in [2.24, 2.45) is 11.8 Å². The van der Waals surface area contributed by atoms with E-state index in [4.69, 9.17) is 0 Å². The zero-order valence-electron chi connectivity index (χ0n) is 18.4. The Labute approximate surface area is 188 Å². The third-order valence-corrected chi connectivity index (χ3v) is 8.28. The maximum atomic E-state index is 13.6. The van der Waals surface area contributed by atoms with Crippen molar-refractivity contribution in [3.63, 3.8) is 0 Å². The molecule has 1 aliphatic carbocycles. The van der Waals surface area contributed by atoms with Crippen LogP contribution in [0, 0.1) is 17.0 Å². The molecule has 1 N–H and O–H groups in total. The predicted octanol–water partition coefficient (Wildman–Crippen LogP) is 3.76. The zero-order chi connectivity index (χ0) is 21.8. The SMILES string of the molecule is O=C(Cn1ccc2c(N([O-])O)cccc21)N1CCCC2=C[C@H]3C[C@@H](CN4CCCCC34)C21. The molecule has 0 radical (unpaired) electrons. The zero-order valence-corrected chi connectivity index (χ0v) is 18.4. The highest BCUT2D eigenvalue weighted by Gasteiger charge is 2.46. The second-order valence-electron chi connectivity index (χ2n) is 10.0. The van der Waals surface area contributed by atoms with Crippen molar-refractivity contribution >= 4 is 22.5 Å². The van der Waals surface area contributed by atoms with Crippen LogP contribution in [0.3, 0.4) is 0 Å². The van der Waals surface area contributed by atoms with E-state index in [1.165, 1.54) is 37.8 Å². The van der Waals surface area contributed by atoms with Crippen molar-refractivity contribution < 1.29 is 10.0 Å². The molecule has 1 amide bonds. The summed E-state index contributed by atoms with van der Waals surface area (Å²) in [4.78, 5) is 18.4. The van der Waals surface area contributed by atoms with Gasteiger partial charge in [0.25, 0.3) is 0 Å². The first-order chi connectivity index (χ1) is 15.6. The molecule has 1 aromatic carbocycles. The third-order valence-electron chi connectivity index (χ3n) is 8.28. The van der Waals surface area contributed by atoms with Crippen molar-refractivity contribution in [1.29, 1.82) is 0 Å². The molecule has 3 saturated heterocycles. The van der Waals surface area contributed by atoms with Crippen LogP contribution in [0.5, 0.6) is 0 Å². The lowest BCUT2D eigenvalue weighted by molar-refractivity contribution is -0.136. The van der Waals surface area contributed by atoms with E-state index in [2.05, 4.69) is 15.9 Å². The molecule has 4 heterocycles. The molecule has 3 aliphatic heterocycles. The number of fused-ring (bicyclic) bond motifs is 7. The lowest BCUT2D eigenvalue weighted by atomic mass is 9.68. The van der Waals surface area contributed by atoms with E-state index in [-0.39, 0.29) is 29.4 Å². The molecule has 3 fully saturated rings. The maximum absolute atomic E-state index is 13.6. The minimum absolute atomic E-state index is 0.106. The van der Waals surface area contributed by atoms with Gasteiger partial charge >= 0.3 is 0 Å². The molecule has 0 spiro atoms. The Morgan fingerprint density at radius 3 is 2.97 bits per heavy atom. The van der Waals surface area contributed by atoms with Gasteiger partial charge in [-0.25, -0.2) is 0 Å². The first-order valence-corrected chi connectivity index (χ1v) is 12.1. The fraction of sp³-hybridized carbons (Fsp3) is 0.560. The summed E-state index contributed by atoms with van der Waals surface area (Å²) in [7, 11) is 0. The number of amides is 1. The monoisotopic (exact) mass is 435 g/mol. The Hall–Kier alpha value is -2.35. The van der Waals surface area contributed by atoms with E-state index in [1.54, 1.807) is 18.2 Å². The number of nitrogens with zero attached hydrogens (tertiary/aromatic N) is 4. The van der Waals surface area contributed by atoms with Gasteiger partial charge in [0.2, 0.25) is 5.91 Å². The molecule has 170 valence electrons. The summed E-state index contributed by atoms with van der Waals surface area (Å²) in [6.07, 6.45) is 11.7. The van der Waals surface area contributed by atoms with Crippen LogP contribution in [0.4, 0.5) is 5.69 Å². The molecule has 2 bridgehead atoms. The van der Waals surface area contributed by atoms with Crippen molar-refractivity contribution in [3.05, 3.63) is 47.3 Å². The summed E-state index contributed by atoms with van der Waals surface area (Å²) in [6, 6.07) is 7.95. The highest BCUT2D eigenvalue weighted by Crippen LogP contribution is 2.45. The second kappa shape index (κ2) is 7.90. The Morgan fingerprint density at radius 1 is 1.19 bits per heavy atom. The lowest BCUT2D eigenvalue weighted by Crippen LogP contribution is -2.60. The number of hydrogen-bond acceptors (Lipinski definition) is 5. The van der Waals surface area contributed by atoms with Crippen LogP contribution < -0.4 is 5.23 Å². The van der Waals surface area contributed by atoms with Gasteiger partial charge in [0, 0.05) is 30.7 Å². The molecule has 4 atom stereocenters. The van der Waals surface area contributed by atoms with E-state index in [9.17, 15) is 15.2 Å². The summed E-state index contributed by atoms with van der Waals surface area (Å²) < 4.78 is 1.90. The van der Waals surface area contributed by atoms with E-state index >= 15 is 0 Å². The molecule has 7 nitrogen and oxygen atoms in total. The molecule has 0 saturated carbocycles. The molecule has 1 aromatic heterocycles. The van der Waals surface area contributed by atoms with Crippen molar-refractivity contribution in [2.45, 2.75) is 57.2 Å². The molecule has 4 aliphatic rings. The van der Waals surface area contributed by atoms with Crippen LogP contribution >= 0.6 is 0 Å². The number of aromatic nitrogens is 1. The first-order valence-electron chi connectivity index (χ1n) is 12.1. The number of piperidine rings is 3. The Balaban J connectivity index is 1.27. The van der Waals surface area contributed by atoms with Gasteiger partial charge in [-0.05, 0) is 68.7 Å². The van der Waals surface area contributed by atoms with Gasteiger partial charge in [0.1, 0.15) is 6.54 Å². The Kier molecular flexibility index (Phi) is 5.01. The average Bonchev–Trinajstić information content (AvgIpc) is 3.21. The maximum Gasteiger partial charge on any atom is 0.243 e. The van der Waals surface area contributed by atoms with E-state index in [1.807, 2.05) is 16.8 Å². The summed E-state index contributed by atoms with van der Waals surface area (Å²) in [6.45, 7) is 3.41. The van der Waals surface area contributed by atoms with Gasteiger partial charge in [0.05, 0.1) is 17.2 Å². The minimum atomic E-state index is -0.106. The van der Waals surface area contributed by atoms with Crippen LogP contribution in [-0.2, 0) is 11.3 Å². The first kappa shape index (κ1) is 20.3. The lowest BCUT2D eigenvalue weighted by Gasteiger charge is -2.54. The highest BCUT2D eigenvalue weighted by atomic mass is 16.8. The number of hydrogen-bond donors (Lipinski definition) is 1. The van der Waals surface area contributed by atoms with Crippen LogP contribution in [0.25, 0.3) is 10.9 Å². The number of benzene rings is 1. The van der Waals surface area contributed by atoms with Gasteiger partial charge in [-0.3, -0.25) is 14.9 Å². The smallest absolute Gasteiger partial charge is 0.243 e. The molecule has 7 heteroatoms. The number of anilines is 1. The molecule has 6 rings (SSSR count). The summed E-state index contributed by atoms with van der Waals surface area (Å²) in [5.41, 5.74) is 2.49. The third kappa shape index (κ3) is 3.26.